The number of benzene rings is 1. The number of piperazine rings is 1. The van der Waals surface area contributed by atoms with E-state index in [2.05, 4.69) is 49.2 Å². The van der Waals surface area contributed by atoms with E-state index in [-0.39, 0.29) is 0 Å². The van der Waals surface area contributed by atoms with Crippen molar-refractivity contribution in [2.75, 3.05) is 26.2 Å². The number of hydrogen-bond acceptors (Lipinski definition) is 2. The smallest absolute Gasteiger partial charge is 0.0193 e. The summed E-state index contributed by atoms with van der Waals surface area (Å²) in [5.41, 5.74) is 4.30. The number of aryl methyl sites for hydroxylation is 2. The Kier molecular flexibility index (Phi) is 4.19. The maximum Gasteiger partial charge on any atom is 0.0193 e. The van der Waals surface area contributed by atoms with Gasteiger partial charge in [-0.25, -0.2) is 0 Å². The predicted octanol–water partition coefficient (Wildman–Crippen LogP) is 2.14. The molecule has 1 atom stereocenters. The first kappa shape index (κ1) is 12.6. The third-order valence-corrected chi connectivity index (χ3v) is 3.81. The normalized spacial score (nSPS) is 21.7. The minimum Gasteiger partial charge on any atom is -0.314 e. The lowest BCUT2D eigenvalue weighted by atomic mass is 10.0. The highest BCUT2D eigenvalue weighted by Gasteiger charge is 2.17. The van der Waals surface area contributed by atoms with E-state index >= 15 is 0 Å². The molecular weight excluding hydrogens is 208 g/mol. The number of rotatable bonds is 3. The van der Waals surface area contributed by atoms with E-state index in [1.54, 1.807) is 0 Å². The summed E-state index contributed by atoms with van der Waals surface area (Å²) in [7, 11) is 0. The van der Waals surface area contributed by atoms with Gasteiger partial charge in [-0.15, -0.1) is 0 Å². The monoisotopic (exact) mass is 232 g/mol. The van der Waals surface area contributed by atoms with Crippen LogP contribution in [0.5, 0.6) is 0 Å². The molecule has 0 spiro atoms. The van der Waals surface area contributed by atoms with E-state index < -0.39 is 0 Å². The molecule has 0 bridgehead atoms. The first-order chi connectivity index (χ1) is 8.16. The van der Waals surface area contributed by atoms with Crippen molar-refractivity contribution in [2.24, 2.45) is 0 Å². The van der Waals surface area contributed by atoms with Gasteiger partial charge in [-0.1, -0.05) is 23.8 Å². The summed E-state index contributed by atoms with van der Waals surface area (Å²) in [6.07, 6.45) is 1.18. The van der Waals surface area contributed by atoms with Gasteiger partial charge in [0.2, 0.25) is 0 Å². The van der Waals surface area contributed by atoms with E-state index in [0.717, 1.165) is 13.1 Å². The Labute approximate surface area is 105 Å². The number of hydrogen-bond donors (Lipinski definition) is 1. The Morgan fingerprint density at radius 1 is 1.35 bits per heavy atom. The van der Waals surface area contributed by atoms with Crippen LogP contribution in [0.1, 0.15) is 23.6 Å². The SMILES string of the molecule is Cc1ccc(CCN2CCNCC2C)c(C)c1. The topological polar surface area (TPSA) is 15.3 Å². The summed E-state index contributed by atoms with van der Waals surface area (Å²) < 4.78 is 0. The zero-order valence-corrected chi connectivity index (χ0v) is 11.3. The van der Waals surface area contributed by atoms with Crippen molar-refractivity contribution < 1.29 is 0 Å². The highest BCUT2D eigenvalue weighted by Crippen LogP contribution is 2.12. The molecule has 0 aromatic heterocycles. The van der Waals surface area contributed by atoms with Crippen LogP contribution in [0.4, 0.5) is 0 Å². The van der Waals surface area contributed by atoms with Crippen LogP contribution in [0.15, 0.2) is 18.2 Å². The molecule has 94 valence electrons. The first-order valence-electron chi connectivity index (χ1n) is 6.67. The standard InChI is InChI=1S/C15H24N2/c1-12-4-5-15(13(2)10-12)6-8-17-9-7-16-11-14(17)3/h4-5,10,14,16H,6-9,11H2,1-3H3. The van der Waals surface area contributed by atoms with Crippen LogP contribution in [-0.2, 0) is 6.42 Å². The fourth-order valence-corrected chi connectivity index (χ4v) is 2.61. The molecule has 1 aromatic carbocycles. The Morgan fingerprint density at radius 3 is 2.88 bits per heavy atom. The van der Waals surface area contributed by atoms with Gasteiger partial charge in [-0.2, -0.15) is 0 Å². The molecule has 1 aromatic rings. The molecule has 1 unspecified atom stereocenters. The van der Waals surface area contributed by atoms with Gasteiger partial charge in [-0.3, -0.25) is 4.90 Å². The van der Waals surface area contributed by atoms with Crippen molar-refractivity contribution in [2.45, 2.75) is 33.2 Å². The Morgan fingerprint density at radius 2 is 2.18 bits per heavy atom. The molecule has 1 fully saturated rings. The zero-order chi connectivity index (χ0) is 12.3. The summed E-state index contributed by atoms with van der Waals surface area (Å²) in [4.78, 5) is 2.59. The third kappa shape index (κ3) is 3.30. The molecule has 17 heavy (non-hydrogen) atoms. The molecule has 0 amide bonds. The Hall–Kier alpha value is -0.860. The van der Waals surface area contributed by atoms with Crippen LogP contribution in [0.2, 0.25) is 0 Å². The molecular formula is C15H24N2. The van der Waals surface area contributed by atoms with Gasteiger partial charge in [0, 0.05) is 32.2 Å². The fourth-order valence-electron chi connectivity index (χ4n) is 2.61. The van der Waals surface area contributed by atoms with E-state index in [0.29, 0.717) is 6.04 Å². The molecule has 0 saturated carbocycles. The van der Waals surface area contributed by atoms with E-state index in [1.165, 1.54) is 36.2 Å². The maximum atomic E-state index is 3.44. The van der Waals surface area contributed by atoms with Crippen molar-refractivity contribution in [1.82, 2.24) is 10.2 Å². The third-order valence-electron chi connectivity index (χ3n) is 3.81. The Bertz CT molecular complexity index is 373. The summed E-state index contributed by atoms with van der Waals surface area (Å²) in [5, 5.41) is 3.44. The van der Waals surface area contributed by atoms with Crippen molar-refractivity contribution >= 4 is 0 Å². The lowest BCUT2D eigenvalue weighted by Crippen LogP contribution is -2.50. The summed E-state index contributed by atoms with van der Waals surface area (Å²) in [5.74, 6) is 0. The van der Waals surface area contributed by atoms with E-state index in [1.807, 2.05) is 0 Å². The molecule has 1 heterocycles. The lowest BCUT2D eigenvalue weighted by molar-refractivity contribution is 0.176. The fraction of sp³-hybridized carbons (Fsp3) is 0.600. The van der Waals surface area contributed by atoms with Crippen LogP contribution in [0.3, 0.4) is 0 Å². The van der Waals surface area contributed by atoms with Crippen LogP contribution < -0.4 is 5.32 Å². The lowest BCUT2D eigenvalue weighted by Gasteiger charge is -2.34. The molecule has 0 aliphatic carbocycles. The average molecular weight is 232 g/mol. The largest absolute Gasteiger partial charge is 0.314 e. The highest BCUT2D eigenvalue weighted by atomic mass is 15.2. The summed E-state index contributed by atoms with van der Waals surface area (Å²) >= 11 is 0. The summed E-state index contributed by atoms with van der Waals surface area (Å²) in [6.45, 7) is 11.3. The molecule has 1 N–H and O–H groups in total. The predicted molar refractivity (Wildman–Crippen MR) is 73.5 cm³/mol. The molecule has 2 rings (SSSR count). The van der Waals surface area contributed by atoms with Gasteiger partial charge >= 0.3 is 0 Å². The van der Waals surface area contributed by atoms with Gasteiger partial charge < -0.3 is 5.32 Å². The average Bonchev–Trinajstić information content (AvgIpc) is 2.30. The molecule has 1 aliphatic heterocycles. The van der Waals surface area contributed by atoms with Crippen LogP contribution in [0.25, 0.3) is 0 Å². The molecule has 1 saturated heterocycles. The van der Waals surface area contributed by atoms with Gasteiger partial charge in [0.15, 0.2) is 0 Å². The van der Waals surface area contributed by atoms with Crippen LogP contribution in [0, 0.1) is 13.8 Å². The number of nitrogens with one attached hydrogen (secondary N) is 1. The maximum absolute atomic E-state index is 3.44. The van der Waals surface area contributed by atoms with Crippen molar-refractivity contribution in [3.05, 3.63) is 34.9 Å². The number of nitrogens with zero attached hydrogens (tertiary/aromatic N) is 1. The van der Waals surface area contributed by atoms with Crippen molar-refractivity contribution in [3.63, 3.8) is 0 Å². The molecule has 1 aliphatic rings. The molecule has 2 nitrogen and oxygen atoms in total. The second-order valence-electron chi connectivity index (χ2n) is 5.27. The van der Waals surface area contributed by atoms with Gasteiger partial charge in [0.1, 0.15) is 0 Å². The molecule has 0 radical (unpaired) electrons. The molecule has 2 heteroatoms. The first-order valence-corrected chi connectivity index (χ1v) is 6.67. The van der Waals surface area contributed by atoms with Crippen molar-refractivity contribution in [1.29, 1.82) is 0 Å². The summed E-state index contributed by atoms with van der Waals surface area (Å²) in [6, 6.07) is 7.48. The quantitative estimate of drug-likeness (QED) is 0.859. The van der Waals surface area contributed by atoms with Crippen LogP contribution >= 0.6 is 0 Å². The minimum absolute atomic E-state index is 0.675. The Balaban J connectivity index is 1.92. The van der Waals surface area contributed by atoms with Crippen LogP contribution in [-0.4, -0.2) is 37.1 Å². The van der Waals surface area contributed by atoms with Crippen molar-refractivity contribution in [3.8, 4) is 0 Å². The van der Waals surface area contributed by atoms with E-state index in [9.17, 15) is 0 Å². The van der Waals surface area contributed by atoms with E-state index in [4.69, 9.17) is 0 Å². The minimum atomic E-state index is 0.675. The van der Waals surface area contributed by atoms with Gasteiger partial charge in [0.05, 0.1) is 0 Å². The van der Waals surface area contributed by atoms with Gasteiger partial charge in [-0.05, 0) is 38.3 Å². The second kappa shape index (κ2) is 5.65. The van der Waals surface area contributed by atoms with Gasteiger partial charge in [0.25, 0.3) is 0 Å². The zero-order valence-electron chi connectivity index (χ0n) is 11.3. The highest BCUT2D eigenvalue weighted by molar-refractivity contribution is 5.30. The second-order valence-corrected chi connectivity index (χ2v) is 5.27.